The number of likely N-dealkylation sites (N-methyl/N-ethyl adjacent to an activating group) is 1. The summed E-state index contributed by atoms with van der Waals surface area (Å²) in [6.07, 6.45) is 0. The van der Waals surface area contributed by atoms with Gasteiger partial charge in [0, 0.05) is 27.4 Å². The number of amides is 2. The number of nitrogens with one attached hydrogen (secondary N) is 1. The topological polar surface area (TPSA) is 58.6 Å². The average molecular weight is 438 g/mol. The van der Waals surface area contributed by atoms with E-state index in [2.05, 4.69) is 27.9 Å². The van der Waals surface area contributed by atoms with E-state index in [4.69, 9.17) is 4.74 Å². The van der Waals surface area contributed by atoms with Gasteiger partial charge in [-0.2, -0.15) is 0 Å². The number of halogens is 1. The van der Waals surface area contributed by atoms with Crippen molar-refractivity contribution in [1.82, 2.24) is 4.90 Å². The minimum Gasteiger partial charge on any atom is -0.497 e. The molecule has 2 aromatic carbocycles. The van der Waals surface area contributed by atoms with E-state index in [0.29, 0.717) is 23.5 Å². The lowest BCUT2D eigenvalue weighted by molar-refractivity contribution is -0.116. The molecule has 0 radical (unpaired) electrons. The standard InChI is InChI=1S/C18H19IN2O3/c1-3-21(18(23)13-7-9-14(19)10-8-13)12-17(22)20-15-5-4-6-16(11-15)24-2/h4-11H,3,12H2,1-2H3,(H,20,22). The fraction of sp³-hybridized carbons (Fsp3) is 0.222. The Labute approximate surface area is 155 Å². The van der Waals surface area contributed by atoms with Crippen LogP contribution in [0.2, 0.25) is 0 Å². The largest absolute Gasteiger partial charge is 0.497 e. The van der Waals surface area contributed by atoms with E-state index in [1.807, 2.05) is 19.1 Å². The van der Waals surface area contributed by atoms with E-state index in [1.165, 1.54) is 4.90 Å². The van der Waals surface area contributed by atoms with Crippen LogP contribution >= 0.6 is 22.6 Å². The number of carbonyl (C=O) groups is 2. The molecule has 6 heteroatoms. The SMILES string of the molecule is CCN(CC(=O)Nc1cccc(OC)c1)C(=O)c1ccc(I)cc1. The van der Waals surface area contributed by atoms with Gasteiger partial charge in [0.2, 0.25) is 5.91 Å². The summed E-state index contributed by atoms with van der Waals surface area (Å²) in [6, 6.07) is 14.4. The van der Waals surface area contributed by atoms with Crippen molar-refractivity contribution in [1.29, 1.82) is 0 Å². The van der Waals surface area contributed by atoms with Crippen LogP contribution in [0.4, 0.5) is 5.69 Å². The lowest BCUT2D eigenvalue weighted by Gasteiger charge is -2.20. The Hall–Kier alpha value is -2.09. The molecule has 0 aliphatic rings. The van der Waals surface area contributed by atoms with Crippen LogP contribution < -0.4 is 10.1 Å². The van der Waals surface area contributed by atoms with Crippen molar-refractivity contribution in [3.8, 4) is 5.75 Å². The normalized spacial score (nSPS) is 10.1. The predicted octanol–water partition coefficient (Wildman–Crippen LogP) is 3.40. The highest BCUT2D eigenvalue weighted by Crippen LogP contribution is 2.16. The fourth-order valence-corrected chi connectivity index (χ4v) is 2.54. The number of benzene rings is 2. The van der Waals surface area contributed by atoms with Crippen LogP contribution in [-0.2, 0) is 4.79 Å². The summed E-state index contributed by atoms with van der Waals surface area (Å²) in [5, 5.41) is 2.78. The van der Waals surface area contributed by atoms with E-state index in [9.17, 15) is 9.59 Å². The molecule has 0 spiro atoms. The molecule has 0 atom stereocenters. The molecule has 0 heterocycles. The molecule has 0 unspecified atom stereocenters. The molecule has 0 aromatic heterocycles. The van der Waals surface area contributed by atoms with Crippen LogP contribution in [0, 0.1) is 3.57 Å². The highest BCUT2D eigenvalue weighted by Gasteiger charge is 2.17. The predicted molar refractivity (Wildman–Crippen MR) is 102 cm³/mol. The summed E-state index contributed by atoms with van der Waals surface area (Å²) < 4.78 is 6.19. The summed E-state index contributed by atoms with van der Waals surface area (Å²) >= 11 is 2.19. The summed E-state index contributed by atoms with van der Waals surface area (Å²) in [6.45, 7) is 2.30. The van der Waals surface area contributed by atoms with E-state index in [1.54, 1.807) is 43.5 Å². The van der Waals surface area contributed by atoms with Gasteiger partial charge < -0.3 is 15.0 Å². The summed E-state index contributed by atoms with van der Waals surface area (Å²) in [5.41, 5.74) is 1.21. The van der Waals surface area contributed by atoms with E-state index < -0.39 is 0 Å². The van der Waals surface area contributed by atoms with Gasteiger partial charge in [0.1, 0.15) is 12.3 Å². The van der Waals surface area contributed by atoms with Crippen molar-refractivity contribution in [3.05, 3.63) is 57.7 Å². The Morgan fingerprint density at radius 3 is 2.50 bits per heavy atom. The van der Waals surface area contributed by atoms with Crippen molar-refractivity contribution in [2.24, 2.45) is 0 Å². The summed E-state index contributed by atoms with van der Waals surface area (Å²) in [5.74, 6) is 0.258. The van der Waals surface area contributed by atoms with Gasteiger partial charge in [-0.25, -0.2) is 0 Å². The molecule has 0 aliphatic heterocycles. The zero-order chi connectivity index (χ0) is 17.5. The van der Waals surface area contributed by atoms with Gasteiger partial charge in [0.25, 0.3) is 5.91 Å². The second kappa shape index (κ2) is 8.68. The van der Waals surface area contributed by atoms with Crippen LogP contribution in [0.3, 0.4) is 0 Å². The second-order valence-corrected chi connectivity index (χ2v) is 6.35. The summed E-state index contributed by atoms with van der Waals surface area (Å²) in [7, 11) is 1.57. The zero-order valence-electron chi connectivity index (χ0n) is 13.6. The molecule has 1 N–H and O–H groups in total. The second-order valence-electron chi connectivity index (χ2n) is 5.11. The van der Waals surface area contributed by atoms with Gasteiger partial charge in [-0.05, 0) is 65.9 Å². The maximum atomic E-state index is 12.5. The van der Waals surface area contributed by atoms with Crippen molar-refractivity contribution in [2.75, 3.05) is 25.5 Å². The Morgan fingerprint density at radius 2 is 1.88 bits per heavy atom. The maximum Gasteiger partial charge on any atom is 0.254 e. The minimum atomic E-state index is -0.246. The van der Waals surface area contributed by atoms with Crippen LogP contribution in [0.25, 0.3) is 0 Å². The zero-order valence-corrected chi connectivity index (χ0v) is 15.7. The molecule has 0 aliphatic carbocycles. The van der Waals surface area contributed by atoms with Gasteiger partial charge in [-0.15, -0.1) is 0 Å². The smallest absolute Gasteiger partial charge is 0.254 e. The Balaban J connectivity index is 2.02. The number of anilines is 1. The monoisotopic (exact) mass is 438 g/mol. The van der Waals surface area contributed by atoms with Crippen molar-refractivity contribution in [2.45, 2.75) is 6.92 Å². The number of carbonyl (C=O) groups excluding carboxylic acids is 2. The molecular formula is C18H19IN2O3. The van der Waals surface area contributed by atoms with Crippen LogP contribution in [0.15, 0.2) is 48.5 Å². The molecule has 24 heavy (non-hydrogen) atoms. The first-order chi connectivity index (χ1) is 11.5. The molecule has 126 valence electrons. The first-order valence-corrected chi connectivity index (χ1v) is 8.60. The molecule has 2 aromatic rings. The maximum absolute atomic E-state index is 12.5. The van der Waals surface area contributed by atoms with Gasteiger partial charge in [-0.3, -0.25) is 9.59 Å². The average Bonchev–Trinajstić information content (AvgIpc) is 2.60. The molecule has 2 amide bonds. The number of hydrogen-bond acceptors (Lipinski definition) is 3. The van der Waals surface area contributed by atoms with Gasteiger partial charge >= 0.3 is 0 Å². The molecule has 5 nitrogen and oxygen atoms in total. The first kappa shape index (κ1) is 18.3. The van der Waals surface area contributed by atoms with Crippen molar-refractivity contribution in [3.63, 3.8) is 0 Å². The lowest BCUT2D eigenvalue weighted by atomic mass is 10.2. The number of methoxy groups -OCH3 is 1. The van der Waals surface area contributed by atoms with Gasteiger partial charge in [-0.1, -0.05) is 6.07 Å². The third-order valence-electron chi connectivity index (χ3n) is 3.45. The number of nitrogens with zero attached hydrogens (tertiary/aromatic N) is 1. The van der Waals surface area contributed by atoms with Crippen molar-refractivity contribution >= 4 is 40.1 Å². The molecule has 0 fully saturated rings. The number of rotatable bonds is 6. The van der Waals surface area contributed by atoms with E-state index >= 15 is 0 Å². The third-order valence-corrected chi connectivity index (χ3v) is 4.17. The Morgan fingerprint density at radius 1 is 1.17 bits per heavy atom. The quantitative estimate of drug-likeness (QED) is 0.704. The minimum absolute atomic E-state index is 0.00146. The molecule has 2 rings (SSSR count). The van der Waals surface area contributed by atoms with Gasteiger partial charge in [0.15, 0.2) is 0 Å². The van der Waals surface area contributed by atoms with Crippen LogP contribution in [0.1, 0.15) is 17.3 Å². The number of ether oxygens (including phenoxy) is 1. The molecular weight excluding hydrogens is 419 g/mol. The summed E-state index contributed by atoms with van der Waals surface area (Å²) in [4.78, 5) is 26.2. The third kappa shape index (κ3) is 4.95. The van der Waals surface area contributed by atoms with Crippen LogP contribution in [-0.4, -0.2) is 36.9 Å². The van der Waals surface area contributed by atoms with E-state index in [0.717, 1.165) is 3.57 Å². The Bertz CT molecular complexity index is 716. The highest BCUT2D eigenvalue weighted by atomic mass is 127. The molecule has 0 bridgehead atoms. The fourth-order valence-electron chi connectivity index (χ4n) is 2.18. The lowest BCUT2D eigenvalue weighted by Crippen LogP contribution is -2.37. The van der Waals surface area contributed by atoms with Gasteiger partial charge in [0.05, 0.1) is 7.11 Å². The van der Waals surface area contributed by atoms with Crippen molar-refractivity contribution < 1.29 is 14.3 Å². The number of hydrogen-bond donors (Lipinski definition) is 1. The Kier molecular flexibility index (Phi) is 6.60. The molecule has 0 saturated carbocycles. The van der Waals surface area contributed by atoms with E-state index in [-0.39, 0.29) is 18.4 Å². The molecule has 0 saturated heterocycles. The highest BCUT2D eigenvalue weighted by molar-refractivity contribution is 14.1. The van der Waals surface area contributed by atoms with Crippen LogP contribution in [0.5, 0.6) is 5.75 Å². The first-order valence-electron chi connectivity index (χ1n) is 7.52.